The number of hydrogen-bond donors (Lipinski definition) is 0. The Morgan fingerprint density at radius 3 is 2.79 bits per heavy atom. The molecule has 1 amide bonds. The molecule has 1 aromatic rings. The van der Waals surface area contributed by atoms with Crippen molar-refractivity contribution in [2.45, 2.75) is 57.9 Å². The molecule has 1 aromatic carbocycles. The molecule has 1 aliphatic carbocycles. The van der Waals surface area contributed by atoms with Crippen molar-refractivity contribution in [3.63, 3.8) is 0 Å². The Hall–Kier alpha value is -1.75. The lowest BCUT2D eigenvalue weighted by Crippen LogP contribution is -2.45. The van der Waals surface area contributed by atoms with Crippen molar-refractivity contribution in [1.29, 1.82) is 0 Å². The lowest BCUT2D eigenvalue weighted by molar-refractivity contribution is -0.130. The quantitative estimate of drug-likeness (QED) is 0.700. The van der Waals surface area contributed by atoms with Gasteiger partial charge in [0.25, 0.3) is 0 Å². The van der Waals surface area contributed by atoms with E-state index in [0.29, 0.717) is 18.5 Å². The molecule has 28 heavy (non-hydrogen) atoms. The maximum Gasteiger partial charge on any atom is 0.226 e. The summed E-state index contributed by atoms with van der Waals surface area (Å²) in [5.74, 6) is -1.25. The fourth-order valence-electron chi connectivity index (χ4n) is 5.21. The van der Waals surface area contributed by atoms with Crippen LogP contribution < -0.4 is 0 Å². The number of carbonyl (C=O) groups is 1. The van der Waals surface area contributed by atoms with Gasteiger partial charge in [-0.15, -0.1) is 0 Å². The molecule has 0 N–H and O–H groups in total. The Balaban J connectivity index is 1.36. The van der Waals surface area contributed by atoms with E-state index in [1.54, 1.807) is 12.1 Å². The van der Waals surface area contributed by atoms with Crippen LogP contribution in [0.1, 0.15) is 56.9 Å². The van der Waals surface area contributed by atoms with Crippen LogP contribution in [0.3, 0.4) is 0 Å². The smallest absolute Gasteiger partial charge is 0.226 e. The molecule has 2 saturated heterocycles. The van der Waals surface area contributed by atoms with Gasteiger partial charge >= 0.3 is 0 Å². The van der Waals surface area contributed by atoms with Gasteiger partial charge < -0.3 is 4.90 Å². The maximum absolute atomic E-state index is 14.1. The van der Waals surface area contributed by atoms with Crippen LogP contribution in [0.2, 0.25) is 0 Å². The van der Waals surface area contributed by atoms with Gasteiger partial charge in [0.1, 0.15) is 0 Å². The van der Waals surface area contributed by atoms with Crippen molar-refractivity contribution in [1.82, 2.24) is 9.80 Å². The number of amides is 1. The van der Waals surface area contributed by atoms with Crippen molar-refractivity contribution < 1.29 is 13.6 Å². The van der Waals surface area contributed by atoms with Crippen LogP contribution in [0.5, 0.6) is 0 Å². The van der Waals surface area contributed by atoms with E-state index in [0.717, 1.165) is 58.3 Å². The predicted molar refractivity (Wildman–Crippen MR) is 106 cm³/mol. The zero-order chi connectivity index (χ0) is 19.6. The van der Waals surface area contributed by atoms with E-state index in [9.17, 15) is 13.6 Å². The highest BCUT2D eigenvalue weighted by Gasteiger charge is 2.42. The molecule has 1 atom stereocenters. The van der Waals surface area contributed by atoms with Crippen LogP contribution in [0, 0.1) is 17.0 Å². The Kier molecular flexibility index (Phi) is 5.81. The number of benzene rings is 1. The zero-order valence-electron chi connectivity index (χ0n) is 16.6. The number of allylic oxidation sites excluding steroid dienone is 1. The van der Waals surface area contributed by atoms with Crippen LogP contribution in [0.4, 0.5) is 8.78 Å². The molecule has 5 heteroatoms. The molecular weight excluding hydrogens is 358 g/mol. The molecule has 3 nitrogen and oxygen atoms in total. The first-order chi connectivity index (χ1) is 13.5. The highest BCUT2D eigenvalue weighted by molar-refractivity contribution is 5.79. The minimum Gasteiger partial charge on any atom is -0.342 e. The molecule has 152 valence electrons. The summed E-state index contributed by atoms with van der Waals surface area (Å²) in [5, 5.41) is 0. The topological polar surface area (TPSA) is 23.6 Å². The number of rotatable bonds is 4. The lowest BCUT2D eigenvalue weighted by atomic mass is 9.79. The van der Waals surface area contributed by atoms with E-state index >= 15 is 0 Å². The molecule has 0 saturated carbocycles. The first kappa shape index (κ1) is 19.6. The second-order valence-electron chi connectivity index (χ2n) is 8.88. The summed E-state index contributed by atoms with van der Waals surface area (Å²) in [6, 6.07) is 4.41. The van der Waals surface area contributed by atoms with Gasteiger partial charge in [0, 0.05) is 43.6 Å². The average Bonchev–Trinajstić information content (AvgIpc) is 3.10. The molecule has 1 unspecified atom stereocenters. The Bertz CT molecular complexity index is 763. The molecule has 4 rings (SSSR count). The van der Waals surface area contributed by atoms with Crippen molar-refractivity contribution in [2.24, 2.45) is 5.41 Å². The molecule has 1 spiro atoms. The normalized spacial score (nSPS) is 25.9. The highest BCUT2D eigenvalue weighted by Crippen LogP contribution is 2.40. The largest absolute Gasteiger partial charge is 0.342 e. The van der Waals surface area contributed by atoms with Gasteiger partial charge in [0.15, 0.2) is 11.6 Å². The number of nitrogens with zero attached hydrogens (tertiary/aromatic N) is 2. The number of hydrogen-bond acceptors (Lipinski definition) is 2. The van der Waals surface area contributed by atoms with E-state index in [1.807, 2.05) is 4.90 Å². The maximum atomic E-state index is 14.1. The highest BCUT2D eigenvalue weighted by atomic mass is 19.2. The van der Waals surface area contributed by atoms with Crippen LogP contribution >= 0.6 is 0 Å². The van der Waals surface area contributed by atoms with Crippen molar-refractivity contribution in [3.8, 4) is 0 Å². The third kappa shape index (κ3) is 4.29. The molecule has 2 fully saturated rings. The van der Waals surface area contributed by atoms with E-state index in [4.69, 9.17) is 0 Å². The summed E-state index contributed by atoms with van der Waals surface area (Å²) in [4.78, 5) is 17.1. The monoisotopic (exact) mass is 388 g/mol. The molecule has 0 aromatic heterocycles. The number of halogens is 2. The van der Waals surface area contributed by atoms with E-state index in [2.05, 4.69) is 11.0 Å². The fraction of sp³-hybridized carbons (Fsp3) is 0.609. The second-order valence-corrected chi connectivity index (χ2v) is 8.88. The molecule has 2 aliphatic heterocycles. The lowest BCUT2D eigenvalue weighted by Gasteiger charge is -2.40. The summed E-state index contributed by atoms with van der Waals surface area (Å²) < 4.78 is 27.6. The standard InChI is InChI=1S/C23H30F2N2O/c24-20-9-4-8-19(22(20)25)15-26-12-5-10-23(16-26)11-13-27(17-23)21(28)14-18-6-2-1-3-7-18/h4,6,8-9H,1-3,5,7,10-17H2. The van der Waals surface area contributed by atoms with Gasteiger partial charge in [-0.25, -0.2) is 8.78 Å². The van der Waals surface area contributed by atoms with Gasteiger partial charge in [-0.05, 0) is 57.6 Å². The van der Waals surface area contributed by atoms with Crippen molar-refractivity contribution >= 4 is 5.91 Å². The van der Waals surface area contributed by atoms with Crippen LogP contribution in [0.15, 0.2) is 29.8 Å². The van der Waals surface area contributed by atoms with E-state index in [1.165, 1.54) is 24.5 Å². The first-order valence-electron chi connectivity index (χ1n) is 10.7. The minimum atomic E-state index is -0.779. The predicted octanol–water partition coefficient (Wildman–Crippen LogP) is 4.67. The first-order valence-corrected chi connectivity index (χ1v) is 10.7. The van der Waals surface area contributed by atoms with Gasteiger partial charge in [0.2, 0.25) is 5.91 Å². The van der Waals surface area contributed by atoms with Crippen molar-refractivity contribution in [3.05, 3.63) is 47.0 Å². The number of piperidine rings is 1. The summed E-state index contributed by atoms with van der Waals surface area (Å²) in [5.41, 5.74) is 1.84. The zero-order valence-corrected chi connectivity index (χ0v) is 16.6. The average molecular weight is 389 g/mol. The molecule has 2 heterocycles. The van der Waals surface area contributed by atoms with Gasteiger partial charge in [-0.2, -0.15) is 0 Å². The third-order valence-corrected chi connectivity index (χ3v) is 6.72. The summed E-state index contributed by atoms with van der Waals surface area (Å²) in [6.07, 6.45) is 10.6. The molecule has 3 aliphatic rings. The van der Waals surface area contributed by atoms with Crippen LogP contribution in [-0.4, -0.2) is 41.9 Å². The minimum absolute atomic E-state index is 0.110. The summed E-state index contributed by atoms with van der Waals surface area (Å²) in [7, 11) is 0. The van der Waals surface area contributed by atoms with Crippen LogP contribution in [0.25, 0.3) is 0 Å². The third-order valence-electron chi connectivity index (χ3n) is 6.72. The van der Waals surface area contributed by atoms with Crippen LogP contribution in [-0.2, 0) is 11.3 Å². The molecule has 0 bridgehead atoms. The van der Waals surface area contributed by atoms with Gasteiger partial charge in [0.05, 0.1) is 0 Å². The summed E-state index contributed by atoms with van der Waals surface area (Å²) >= 11 is 0. The Morgan fingerprint density at radius 1 is 1.07 bits per heavy atom. The fourth-order valence-corrected chi connectivity index (χ4v) is 5.21. The van der Waals surface area contributed by atoms with E-state index < -0.39 is 11.6 Å². The Labute approximate surface area is 166 Å². The van der Waals surface area contributed by atoms with Crippen molar-refractivity contribution in [2.75, 3.05) is 26.2 Å². The summed E-state index contributed by atoms with van der Waals surface area (Å²) in [6.45, 7) is 3.83. The van der Waals surface area contributed by atoms with Gasteiger partial charge in [-0.1, -0.05) is 23.8 Å². The molecular formula is C23H30F2N2O. The number of likely N-dealkylation sites (tertiary alicyclic amines) is 2. The molecule has 0 radical (unpaired) electrons. The van der Waals surface area contributed by atoms with E-state index in [-0.39, 0.29) is 11.3 Å². The second kappa shape index (κ2) is 8.32. The Morgan fingerprint density at radius 2 is 1.96 bits per heavy atom. The SMILES string of the molecule is O=C(CC1=CCCCC1)N1CCC2(CCCN(Cc3cccc(F)c3F)C2)C1. The number of carbonyl (C=O) groups excluding carboxylic acids is 1. The van der Waals surface area contributed by atoms with Gasteiger partial charge in [-0.3, -0.25) is 9.69 Å².